The highest BCUT2D eigenvalue weighted by molar-refractivity contribution is 5.34. The summed E-state index contributed by atoms with van der Waals surface area (Å²) in [5.41, 5.74) is -0.277. The van der Waals surface area contributed by atoms with E-state index in [1.165, 1.54) is 12.8 Å². The molecule has 0 bridgehead atoms. The van der Waals surface area contributed by atoms with Gasteiger partial charge in [-0.1, -0.05) is 0 Å². The summed E-state index contributed by atoms with van der Waals surface area (Å²) < 4.78 is 5.52. The van der Waals surface area contributed by atoms with E-state index in [0.717, 1.165) is 0 Å². The maximum atomic E-state index is 10.1. The molecule has 1 atom stereocenters. The molecule has 0 radical (unpaired) electrons. The molecule has 4 heteroatoms. The number of nitrogens with zero attached hydrogens (tertiary/aromatic N) is 1. The van der Waals surface area contributed by atoms with E-state index in [1.54, 1.807) is 31.2 Å². The monoisotopic (exact) mass is 246 g/mol. The highest BCUT2D eigenvalue weighted by atomic mass is 16.5. The molecular weight excluding hydrogens is 228 g/mol. The summed E-state index contributed by atoms with van der Waals surface area (Å²) in [6.07, 6.45) is 2.40. The van der Waals surface area contributed by atoms with Crippen molar-refractivity contribution in [1.29, 1.82) is 5.26 Å². The molecule has 0 spiro atoms. The Hall–Kier alpha value is -1.57. The molecule has 2 rings (SSSR count). The molecule has 96 valence electrons. The zero-order chi connectivity index (χ0) is 13.0. The Balaban J connectivity index is 1.79. The summed E-state index contributed by atoms with van der Waals surface area (Å²) in [5, 5.41) is 22.1. The second kappa shape index (κ2) is 5.38. The summed E-state index contributed by atoms with van der Waals surface area (Å²) in [6.45, 7) is 2.53. The second-order valence-corrected chi connectivity index (χ2v) is 5.08. The molecule has 4 nitrogen and oxygen atoms in total. The van der Waals surface area contributed by atoms with E-state index in [2.05, 4.69) is 11.4 Å². The number of hydrogen-bond donors (Lipinski definition) is 2. The van der Waals surface area contributed by atoms with Crippen molar-refractivity contribution >= 4 is 0 Å². The molecule has 1 aliphatic rings. The molecule has 1 saturated carbocycles. The Labute approximate surface area is 107 Å². The SMILES string of the molecule is CC(O)(CNC1CC1)COc1ccc(C#N)cc1. The molecule has 1 unspecified atom stereocenters. The normalized spacial score (nSPS) is 17.8. The Bertz CT molecular complexity index is 430. The van der Waals surface area contributed by atoms with Gasteiger partial charge in [-0.25, -0.2) is 0 Å². The third-order valence-corrected chi connectivity index (χ3v) is 2.88. The van der Waals surface area contributed by atoms with Crippen molar-refractivity contribution in [3.8, 4) is 11.8 Å². The minimum atomic E-state index is -0.878. The van der Waals surface area contributed by atoms with Gasteiger partial charge in [0.05, 0.1) is 11.6 Å². The first-order valence-electron chi connectivity index (χ1n) is 6.18. The molecule has 0 heterocycles. The van der Waals surface area contributed by atoms with Gasteiger partial charge in [-0.15, -0.1) is 0 Å². The fourth-order valence-corrected chi connectivity index (χ4v) is 1.57. The van der Waals surface area contributed by atoms with Crippen LogP contribution >= 0.6 is 0 Å². The van der Waals surface area contributed by atoms with Crippen LogP contribution in [0.4, 0.5) is 0 Å². The Kier molecular flexibility index (Phi) is 3.85. The predicted octanol–water partition coefficient (Wildman–Crippen LogP) is 1.44. The average molecular weight is 246 g/mol. The average Bonchev–Trinajstić information content (AvgIpc) is 3.19. The van der Waals surface area contributed by atoms with Gasteiger partial charge in [-0.2, -0.15) is 5.26 Å². The van der Waals surface area contributed by atoms with E-state index in [4.69, 9.17) is 10.00 Å². The van der Waals surface area contributed by atoms with Gasteiger partial charge in [0.1, 0.15) is 18.0 Å². The van der Waals surface area contributed by atoms with E-state index in [1.807, 2.05) is 0 Å². The lowest BCUT2D eigenvalue weighted by atomic mass is 10.1. The third-order valence-electron chi connectivity index (χ3n) is 2.88. The molecule has 2 N–H and O–H groups in total. The minimum absolute atomic E-state index is 0.235. The highest BCUT2D eigenvalue weighted by Crippen LogP contribution is 2.20. The number of rotatable bonds is 6. The largest absolute Gasteiger partial charge is 0.491 e. The van der Waals surface area contributed by atoms with E-state index in [0.29, 0.717) is 23.9 Å². The number of benzene rings is 1. The molecule has 0 saturated heterocycles. The molecule has 1 fully saturated rings. The molecule has 1 aromatic carbocycles. The van der Waals surface area contributed by atoms with Crippen LogP contribution in [0.25, 0.3) is 0 Å². The van der Waals surface area contributed by atoms with Gasteiger partial charge in [0, 0.05) is 12.6 Å². The highest BCUT2D eigenvalue weighted by Gasteiger charge is 2.27. The Morgan fingerprint density at radius 2 is 2.11 bits per heavy atom. The molecule has 0 aromatic heterocycles. The summed E-state index contributed by atoms with van der Waals surface area (Å²) >= 11 is 0. The molecule has 0 aliphatic heterocycles. The summed E-state index contributed by atoms with van der Waals surface area (Å²) in [4.78, 5) is 0. The van der Waals surface area contributed by atoms with Crippen molar-refractivity contribution in [2.75, 3.05) is 13.2 Å². The van der Waals surface area contributed by atoms with Gasteiger partial charge >= 0.3 is 0 Å². The van der Waals surface area contributed by atoms with Crippen molar-refractivity contribution in [2.24, 2.45) is 0 Å². The number of ether oxygens (including phenoxy) is 1. The number of nitrogens with one attached hydrogen (secondary N) is 1. The molecule has 0 amide bonds. The fraction of sp³-hybridized carbons (Fsp3) is 0.500. The number of aliphatic hydroxyl groups is 1. The van der Waals surface area contributed by atoms with Gasteiger partial charge in [-0.05, 0) is 44.0 Å². The van der Waals surface area contributed by atoms with Crippen molar-refractivity contribution in [2.45, 2.75) is 31.4 Å². The van der Waals surface area contributed by atoms with E-state index < -0.39 is 5.60 Å². The van der Waals surface area contributed by atoms with Crippen LogP contribution in [-0.4, -0.2) is 29.9 Å². The first kappa shape index (κ1) is 12.9. The lowest BCUT2D eigenvalue weighted by molar-refractivity contribution is 0.0120. The molecule has 18 heavy (non-hydrogen) atoms. The predicted molar refractivity (Wildman–Crippen MR) is 68.3 cm³/mol. The van der Waals surface area contributed by atoms with Crippen molar-refractivity contribution in [3.05, 3.63) is 29.8 Å². The Morgan fingerprint density at radius 1 is 1.44 bits per heavy atom. The van der Waals surface area contributed by atoms with Gasteiger partial charge < -0.3 is 15.2 Å². The van der Waals surface area contributed by atoms with Gasteiger partial charge in [0.15, 0.2) is 0 Å². The standard InChI is InChI=1S/C14H18N2O2/c1-14(17,9-16-12-4-5-12)10-18-13-6-2-11(8-15)3-7-13/h2-3,6-7,12,16-17H,4-5,9-10H2,1H3. The lowest BCUT2D eigenvalue weighted by Gasteiger charge is -2.24. The van der Waals surface area contributed by atoms with Crippen LogP contribution in [-0.2, 0) is 0 Å². The van der Waals surface area contributed by atoms with Crippen molar-refractivity contribution in [1.82, 2.24) is 5.32 Å². The van der Waals surface area contributed by atoms with Crippen LogP contribution in [0.5, 0.6) is 5.75 Å². The van der Waals surface area contributed by atoms with E-state index in [-0.39, 0.29) is 6.61 Å². The smallest absolute Gasteiger partial charge is 0.119 e. The molecule has 1 aliphatic carbocycles. The minimum Gasteiger partial charge on any atom is -0.491 e. The molecular formula is C14H18N2O2. The van der Waals surface area contributed by atoms with E-state index in [9.17, 15) is 5.11 Å². The number of nitriles is 1. The van der Waals surface area contributed by atoms with Crippen LogP contribution < -0.4 is 10.1 Å². The lowest BCUT2D eigenvalue weighted by Crippen LogP contribution is -2.43. The maximum Gasteiger partial charge on any atom is 0.119 e. The van der Waals surface area contributed by atoms with Crippen LogP contribution in [0.1, 0.15) is 25.3 Å². The van der Waals surface area contributed by atoms with Crippen molar-refractivity contribution < 1.29 is 9.84 Å². The first-order chi connectivity index (χ1) is 8.59. The van der Waals surface area contributed by atoms with Crippen LogP contribution in [0, 0.1) is 11.3 Å². The van der Waals surface area contributed by atoms with E-state index >= 15 is 0 Å². The second-order valence-electron chi connectivity index (χ2n) is 5.08. The summed E-state index contributed by atoms with van der Waals surface area (Å²) in [5.74, 6) is 0.667. The third kappa shape index (κ3) is 4.02. The number of hydrogen-bond acceptors (Lipinski definition) is 4. The van der Waals surface area contributed by atoms with Crippen molar-refractivity contribution in [3.63, 3.8) is 0 Å². The first-order valence-corrected chi connectivity index (χ1v) is 6.18. The zero-order valence-electron chi connectivity index (χ0n) is 10.5. The van der Waals surface area contributed by atoms with Crippen LogP contribution in [0.3, 0.4) is 0 Å². The Morgan fingerprint density at radius 3 is 2.67 bits per heavy atom. The maximum absolute atomic E-state index is 10.1. The summed E-state index contributed by atoms with van der Waals surface area (Å²) in [6, 6.07) is 9.51. The van der Waals surface area contributed by atoms with Gasteiger partial charge in [-0.3, -0.25) is 0 Å². The van der Waals surface area contributed by atoms with Gasteiger partial charge in [0.25, 0.3) is 0 Å². The zero-order valence-corrected chi connectivity index (χ0v) is 10.5. The summed E-state index contributed by atoms with van der Waals surface area (Å²) in [7, 11) is 0. The van der Waals surface area contributed by atoms with Crippen LogP contribution in [0.2, 0.25) is 0 Å². The molecule has 1 aromatic rings. The fourth-order valence-electron chi connectivity index (χ4n) is 1.57. The topological polar surface area (TPSA) is 65.3 Å². The quantitative estimate of drug-likeness (QED) is 0.797. The van der Waals surface area contributed by atoms with Gasteiger partial charge in [0.2, 0.25) is 0 Å². The van der Waals surface area contributed by atoms with Crippen LogP contribution in [0.15, 0.2) is 24.3 Å².